The van der Waals surface area contributed by atoms with Crippen molar-refractivity contribution in [3.05, 3.63) is 29.3 Å². The van der Waals surface area contributed by atoms with Gasteiger partial charge in [0.05, 0.1) is 0 Å². The van der Waals surface area contributed by atoms with Crippen molar-refractivity contribution in [2.75, 3.05) is 0 Å². The van der Waals surface area contributed by atoms with Gasteiger partial charge >= 0.3 is 0 Å². The minimum Gasteiger partial charge on any atom is -0.508 e. The lowest BCUT2D eigenvalue weighted by molar-refractivity contribution is 0.426. The first kappa shape index (κ1) is 11.5. The van der Waals surface area contributed by atoms with Gasteiger partial charge in [-0.2, -0.15) is 0 Å². The molecule has 1 aliphatic carbocycles. The Bertz CT molecular complexity index is 356. The normalized spacial score (nSPS) is 18.9. The van der Waals surface area contributed by atoms with Gasteiger partial charge in [0.25, 0.3) is 0 Å². The van der Waals surface area contributed by atoms with Crippen molar-refractivity contribution in [3.63, 3.8) is 0 Å². The van der Waals surface area contributed by atoms with Crippen LogP contribution in [0.4, 0.5) is 0 Å². The summed E-state index contributed by atoms with van der Waals surface area (Å²) in [6.45, 7) is 4.19. The number of aromatic hydroxyl groups is 1. The molecule has 2 rings (SSSR count). The number of benzene rings is 1. The third kappa shape index (κ3) is 2.56. The van der Waals surface area contributed by atoms with Crippen LogP contribution in [0.3, 0.4) is 0 Å². The summed E-state index contributed by atoms with van der Waals surface area (Å²) < 4.78 is 0. The average Bonchev–Trinajstić information content (AvgIpc) is 2.74. The second-order valence-corrected chi connectivity index (χ2v) is 4.93. The smallest absolute Gasteiger partial charge is 0.120 e. The van der Waals surface area contributed by atoms with Crippen molar-refractivity contribution in [1.29, 1.82) is 0 Å². The van der Waals surface area contributed by atoms with Crippen LogP contribution in [0, 0.1) is 6.92 Å². The van der Waals surface area contributed by atoms with Crippen molar-refractivity contribution in [3.8, 4) is 5.75 Å². The van der Waals surface area contributed by atoms with E-state index in [1.54, 1.807) is 6.07 Å². The maximum Gasteiger partial charge on any atom is 0.120 e. The second kappa shape index (κ2) is 4.88. The van der Waals surface area contributed by atoms with Gasteiger partial charge in [0, 0.05) is 17.6 Å². The highest BCUT2D eigenvalue weighted by Crippen LogP contribution is 2.27. The molecule has 1 aromatic rings. The Hall–Kier alpha value is -1.02. The summed E-state index contributed by atoms with van der Waals surface area (Å²) in [6.07, 6.45) is 5.22. The van der Waals surface area contributed by atoms with Gasteiger partial charge < -0.3 is 10.4 Å². The first-order valence-electron chi connectivity index (χ1n) is 6.22. The molecular formula is C14H21NO. The van der Waals surface area contributed by atoms with E-state index in [1.165, 1.54) is 31.2 Å². The van der Waals surface area contributed by atoms with E-state index in [2.05, 4.69) is 25.2 Å². The molecule has 0 aromatic heterocycles. The molecule has 0 bridgehead atoms. The minimum absolute atomic E-state index is 0.239. The summed E-state index contributed by atoms with van der Waals surface area (Å²) in [4.78, 5) is 0. The number of phenols is 1. The zero-order valence-electron chi connectivity index (χ0n) is 10.2. The summed E-state index contributed by atoms with van der Waals surface area (Å²) in [5, 5.41) is 13.4. The van der Waals surface area contributed by atoms with Crippen LogP contribution in [0.5, 0.6) is 5.75 Å². The third-order valence-corrected chi connectivity index (χ3v) is 3.49. The summed E-state index contributed by atoms with van der Waals surface area (Å²) in [6, 6.07) is 6.68. The predicted molar refractivity (Wildman–Crippen MR) is 66.7 cm³/mol. The molecule has 1 fully saturated rings. The number of phenolic OH excluding ortho intramolecular Hbond substituents is 1. The van der Waals surface area contributed by atoms with E-state index in [4.69, 9.17) is 0 Å². The highest BCUT2D eigenvalue weighted by molar-refractivity contribution is 5.37. The first-order valence-corrected chi connectivity index (χ1v) is 6.22. The Kier molecular flexibility index (Phi) is 3.49. The molecule has 1 aromatic carbocycles. The summed E-state index contributed by atoms with van der Waals surface area (Å²) >= 11 is 0. The zero-order chi connectivity index (χ0) is 11.5. The lowest BCUT2D eigenvalue weighted by Gasteiger charge is -2.20. The molecule has 0 aliphatic heterocycles. The van der Waals surface area contributed by atoms with Crippen molar-refractivity contribution in [2.45, 2.75) is 51.6 Å². The molecule has 88 valence electrons. The van der Waals surface area contributed by atoms with E-state index < -0.39 is 0 Å². The van der Waals surface area contributed by atoms with Gasteiger partial charge in [-0.25, -0.2) is 0 Å². The van der Waals surface area contributed by atoms with Crippen molar-refractivity contribution in [1.82, 2.24) is 5.32 Å². The van der Waals surface area contributed by atoms with Gasteiger partial charge in [-0.1, -0.05) is 30.5 Å². The number of hydrogen-bond acceptors (Lipinski definition) is 2. The van der Waals surface area contributed by atoms with Crippen LogP contribution in [-0.4, -0.2) is 11.1 Å². The minimum atomic E-state index is 0.239. The monoisotopic (exact) mass is 219 g/mol. The second-order valence-electron chi connectivity index (χ2n) is 4.93. The van der Waals surface area contributed by atoms with Crippen molar-refractivity contribution in [2.24, 2.45) is 0 Å². The number of aryl methyl sites for hydroxylation is 1. The number of rotatable bonds is 3. The third-order valence-electron chi connectivity index (χ3n) is 3.49. The molecule has 1 atom stereocenters. The first-order chi connectivity index (χ1) is 7.66. The predicted octanol–water partition coefficient (Wildman–Crippen LogP) is 3.29. The van der Waals surface area contributed by atoms with Gasteiger partial charge in [-0.15, -0.1) is 0 Å². The zero-order valence-corrected chi connectivity index (χ0v) is 10.2. The molecular weight excluding hydrogens is 198 g/mol. The SMILES string of the molecule is Cc1ccc(O)c(C(C)NC2CCCC2)c1. The van der Waals surface area contributed by atoms with Crippen LogP contribution < -0.4 is 5.32 Å². The van der Waals surface area contributed by atoms with Crippen LogP contribution in [-0.2, 0) is 0 Å². The Morgan fingerprint density at radius 1 is 1.31 bits per heavy atom. The Balaban J connectivity index is 2.07. The van der Waals surface area contributed by atoms with Crippen LogP contribution in [0.25, 0.3) is 0 Å². The molecule has 0 saturated heterocycles. The maximum atomic E-state index is 9.84. The average molecular weight is 219 g/mol. The molecule has 1 aliphatic rings. The van der Waals surface area contributed by atoms with Crippen LogP contribution in [0.15, 0.2) is 18.2 Å². The van der Waals surface area contributed by atoms with Gasteiger partial charge in [-0.05, 0) is 32.8 Å². The topological polar surface area (TPSA) is 32.3 Å². The molecule has 1 unspecified atom stereocenters. The fraction of sp³-hybridized carbons (Fsp3) is 0.571. The summed E-state index contributed by atoms with van der Waals surface area (Å²) in [5.41, 5.74) is 2.22. The molecule has 1 saturated carbocycles. The number of hydrogen-bond donors (Lipinski definition) is 2. The molecule has 2 nitrogen and oxygen atoms in total. The molecule has 2 N–H and O–H groups in total. The van der Waals surface area contributed by atoms with Crippen LogP contribution >= 0.6 is 0 Å². The maximum absolute atomic E-state index is 9.84. The van der Waals surface area contributed by atoms with Crippen molar-refractivity contribution < 1.29 is 5.11 Å². The fourth-order valence-electron chi connectivity index (χ4n) is 2.56. The number of nitrogens with one attached hydrogen (secondary N) is 1. The van der Waals surface area contributed by atoms with Crippen molar-refractivity contribution >= 4 is 0 Å². The van der Waals surface area contributed by atoms with E-state index in [0.717, 1.165) is 5.56 Å². The van der Waals surface area contributed by atoms with Gasteiger partial charge in [0.2, 0.25) is 0 Å². The van der Waals surface area contributed by atoms with Gasteiger partial charge in [0.15, 0.2) is 0 Å². The van der Waals surface area contributed by atoms with E-state index in [0.29, 0.717) is 11.8 Å². The molecule has 0 radical (unpaired) electrons. The van der Waals surface area contributed by atoms with Crippen LogP contribution in [0.1, 0.15) is 49.8 Å². The lowest BCUT2D eigenvalue weighted by atomic mass is 10.0. The van der Waals surface area contributed by atoms with E-state index >= 15 is 0 Å². The lowest BCUT2D eigenvalue weighted by Crippen LogP contribution is -2.28. The van der Waals surface area contributed by atoms with Gasteiger partial charge in [-0.3, -0.25) is 0 Å². The molecule has 2 heteroatoms. The largest absolute Gasteiger partial charge is 0.508 e. The Morgan fingerprint density at radius 3 is 2.69 bits per heavy atom. The quantitative estimate of drug-likeness (QED) is 0.817. The highest BCUT2D eigenvalue weighted by atomic mass is 16.3. The van der Waals surface area contributed by atoms with E-state index in [9.17, 15) is 5.11 Å². The van der Waals surface area contributed by atoms with E-state index in [1.807, 2.05) is 6.07 Å². The molecule has 0 amide bonds. The fourth-order valence-corrected chi connectivity index (χ4v) is 2.56. The van der Waals surface area contributed by atoms with Crippen LogP contribution in [0.2, 0.25) is 0 Å². The molecule has 16 heavy (non-hydrogen) atoms. The summed E-state index contributed by atoms with van der Waals surface area (Å²) in [7, 11) is 0. The van der Waals surface area contributed by atoms with Gasteiger partial charge in [0.1, 0.15) is 5.75 Å². The van der Waals surface area contributed by atoms with E-state index in [-0.39, 0.29) is 6.04 Å². The molecule has 0 heterocycles. The summed E-state index contributed by atoms with van der Waals surface area (Å²) in [5.74, 6) is 0.406. The standard InChI is InChI=1S/C14H21NO/c1-10-7-8-14(16)13(9-10)11(2)15-12-5-3-4-6-12/h7-9,11-12,15-16H,3-6H2,1-2H3. The Morgan fingerprint density at radius 2 is 2.00 bits per heavy atom. The Labute approximate surface area is 97.7 Å². The highest BCUT2D eigenvalue weighted by Gasteiger charge is 2.19. The molecule has 0 spiro atoms.